The van der Waals surface area contributed by atoms with Crippen LogP contribution in [0, 0.1) is 13.8 Å². The summed E-state index contributed by atoms with van der Waals surface area (Å²) in [5.74, 6) is 0. The molecule has 0 radical (unpaired) electrons. The van der Waals surface area contributed by atoms with E-state index in [-0.39, 0.29) is 6.10 Å². The number of hydrogen-bond donors (Lipinski definition) is 0. The van der Waals surface area contributed by atoms with Crippen LogP contribution < -0.4 is 4.31 Å². The summed E-state index contributed by atoms with van der Waals surface area (Å²) in [7, 11) is -3.62. The van der Waals surface area contributed by atoms with Gasteiger partial charge in [0, 0.05) is 13.2 Å². The normalized spacial score (nSPS) is 20.4. The van der Waals surface area contributed by atoms with Crippen molar-refractivity contribution in [1.82, 2.24) is 9.78 Å². The summed E-state index contributed by atoms with van der Waals surface area (Å²) in [6, 6.07) is 7.71. The van der Waals surface area contributed by atoms with E-state index in [0.717, 1.165) is 43.5 Å². The number of sulfonamides is 1. The van der Waals surface area contributed by atoms with Gasteiger partial charge in [-0.15, -0.1) is 0 Å². The Morgan fingerprint density at radius 1 is 1.23 bits per heavy atom. The zero-order chi connectivity index (χ0) is 18.3. The molecule has 3 heterocycles. The van der Waals surface area contributed by atoms with Gasteiger partial charge < -0.3 is 4.74 Å². The predicted molar refractivity (Wildman–Crippen MR) is 100.0 cm³/mol. The third kappa shape index (κ3) is 2.93. The van der Waals surface area contributed by atoms with Gasteiger partial charge in [0.15, 0.2) is 0 Å². The number of para-hydroxylation sites is 1. The lowest BCUT2D eigenvalue weighted by atomic mass is 10.1. The molecular weight excluding hydrogens is 350 g/mol. The van der Waals surface area contributed by atoms with Gasteiger partial charge in [0.05, 0.1) is 29.7 Å². The van der Waals surface area contributed by atoms with Crippen molar-refractivity contribution >= 4 is 15.7 Å². The number of nitrogens with zero attached hydrogens (tertiary/aromatic N) is 3. The zero-order valence-corrected chi connectivity index (χ0v) is 16.1. The van der Waals surface area contributed by atoms with Gasteiger partial charge in [0.1, 0.15) is 4.90 Å². The number of fused-ring (bicyclic) bond motifs is 1. The highest BCUT2D eigenvalue weighted by Gasteiger charge is 2.35. The molecule has 4 rings (SSSR count). The van der Waals surface area contributed by atoms with Crippen LogP contribution in [0.4, 0.5) is 5.69 Å². The van der Waals surface area contributed by atoms with Crippen molar-refractivity contribution in [2.75, 3.05) is 17.5 Å². The van der Waals surface area contributed by atoms with Gasteiger partial charge in [-0.2, -0.15) is 5.10 Å². The number of aryl methyl sites for hydroxylation is 1. The molecule has 7 heteroatoms. The highest BCUT2D eigenvalue weighted by atomic mass is 32.2. The molecule has 0 aliphatic carbocycles. The molecule has 0 spiro atoms. The van der Waals surface area contributed by atoms with Crippen LogP contribution in [-0.2, 0) is 27.7 Å². The zero-order valence-electron chi connectivity index (χ0n) is 15.3. The maximum Gasteiger partial charge on any atom is 0.268 e. The van der Waals surface area contributed by atoms with Crippen LogP contribution in [0.5, 0.6) is 0 Å². The molecule has 2 aromatic rings. The Labute approximate surface area is 154 Å². The highest BCUT2D eigenvalue weighted by molar-refractivity contribution is 7.93. The average molecular weight is 375 g/mol. The van der Waals surface area contributed by atoms with Crippen LogP contribution in [0.25, 0.3) is 0 Å². The molecule has 1 atom stereocenters. The Balaban J connectivity index is 1.67. The fourth-order valence-corrected chi connectivity index (χ4v) is 5.93. The van der Waals surface area contributed by atoms with Crippen molar-refractivity contribution in [1.29, 1.82) is 0 Å². The van der Waals surface area contributed by atoms with Crippen molar-refractivity contribution in [2.45, 2.75) is 57.1 Å². The first kappa shape index (κ1) is 17.5. The number of rotatable bonds is 4. The first-order valence-corrected chi connectivity index (χ1v) is 10.7. The first-order chi connectivity index (χ1) is 12.5. The van der Waals surface area contributed by atoms with Crippen LogP contribution >= 0.6 is 0 Å². The van der Waals surface area contributed by atoms with Crippen molar-refractivity contribution < 1.29 is 13.2 Å². The molecule has 1 aromatic heterocycles. The maximum absolute atomic E-state index is 13.4. The molecule has 0 bridgehead atoms. The van der Waals surface area contributed by atoms with Crippen molar-refractivity contribution in [3.63, 3.8) is 0 Å². The topological polar surface area (TPSA) is 64.4 Å². The Bertz CT molecular complexity index is 914. The van der Waals surface area contributed by atoms with Crippen LogP contribution in [-0.4, -0.2) is 37.5 Å². The average Bonchev–Trinajstić information content (AvgIpc) is 3.18. The number of benzene rings is 1. The first-order valence-electron chi connectivity index (χ1n) is 9.25. The molecule has 140 valence electrons. The summed E-state index contributed by atoms with van der Waals surface area (Å²) in [5, 5.41) is 4.53. The highest BCUT2D eigenvalue weighted by Crippen LogP contribution is 2.34. The summed E-state index contributed by atoms with van der Waals surface area (Å²) in [5.41, 5.74) is 3.12. The van der Waals surface area contributed by atoms with E-state index in [0.29, 0.717) is 29.4 Å². The van der Waals surface area contributed by atoms with E-state index in [1.165, 1.54) is 4.31 Å². The largest absolute Gasteiger partial charge is 0.376 e. The predicted octanol–water partition coefficient (Wildman–Crippen LogP) is 2.82. The Kier molecular flexibility index (Phi) is 4.52. The van der Waals surface area contributed by atoms with Gasteiger partial charge in [-0.1, -0.05) is 18.2 Å². The number of anilines is 1. The number of aromatic nitrogens is 2. The minimum atomic E-state index is -3.62. The van der Waals surface area contributed by atoms with Crippen LogP contribution in [0.2, 0.25) is 0 Å². The molecular formula is C19H25N3O3S. The van der Waals surface area contributed by atoms with Gasteiger partial charge >= 0.3 is 0 Å². The summed E-state index contributed by atoms with van der Waals surface area (Å²) in [6.45, 7) is 5.49. The summed E-state index contributed by atoms with van der Waals surface area (Å²) >= 11 is 0. The van der Waals surface area contributed by atoms with Gasteiger partial charge in [-0.25, -0.2) is 8.42 Å². The molecule has 1 fully saturated rings. The molecule has 0 N–H and O–H groups in total. The lowest BCUT2D eigenvalue weighted by Gasteiger charge is -2.23. The summed E-state index contributed by atoms with van der Waals surface area (Å²) in [6.07, 6.45) is 4.11. The molecule has 26 heavy (non-hydrogen) atoms. The Morgan fingerprint density at radius 3 is 2.81 bits per heavy atom. The van der Waals surface area contributed by atoms with Crippen LogP contribution in [0.3, 0.4) is 0 Å². The van der Waals surface area contributed by atoms with E-state index in [2.05, 4.69) is 5.10 Å². The minimum absolute atomic E-state index is 0.116. The summed E-state index contributed by atoms with van der Waals surface area (Å²) in [4.78, 5) is 0.338. The smallest absolute Gasteiger partial charge is 0.268 e. The van der Waals surface area contributed by atoms with E-state index in [1.54, 1.807) is 11.6 Å². The van der Waals surface area contributed by atoms with Crippen LogP contribution in [0.15, 0.2) is 29.2 Å². The molecule has 0 unspecified atom stereocenters. The Morgan fingerprint density at radius 2 is 2.04 bits per heavy atom. The Hall–Kier alpha value is -1.86. The third-order valence-corrected chi connectivity index (χ3v) is 7.42. The van der Waals surface area contributed by atoms with Crippen molar-refractivity contribution in [3.8, 4) is 0 Å². The lowest BCUT2D eigenvalue weighted by molar-refractivity contribution is 0.00357. The SMILES string of the molecule is Cc1nn(C[C@H]2CCCCO2)c(C)c1S(=O)(=O)N1CCc2ccccc21. The summed E-state index contributed by atoms with van der Waals surface area (Å²) < 4.78 is 35.9. The second kappa shape index (κ2) is 6.70. The lowest BCUT2D eigenvalue weighted by Crippen LogP contribution is -2.30. The van der Waals surface area contributed by atoms with Crippen molar-refractivity contribution in [3.05, 3.63) is 41.2 Å². The molecule has 2 aliphatic heterocycles. The molecule has 6 nitrogen and oxygen atoms in total. The minimum Gasteiger partial charge on any atom is -0.376 e. The second-order valence-electron chi connectivity index (χ2n) is 7.13. The van der Waals surface area contributed by atoms with Gasteiger partial charge in [-0.05, 0) is 51.2 Å². The van der Waals surface area contributed by atoms with E-state index >= 15 is 0 Å². The maximum atomic E-state index is 13.4. The molecule has 1 aromatic carbocycles. The molecule has 0 saturated carbocycles. The van der Waals surface area contributed by atoms with E-state index in [4.69, 9.17) is 4.74 Å². The third-order valence-electron chi connectivity index (χ3n) is 5.36. The van der Waals surface area contributed by atoms with E-state index in [1.807, 2.05) is 31.2 Å². The van der Waals surface area contributed by atoms with Gasteiger partial charge in [-0.3, -0.25) is 8.99 Å². The molecule has 1 saturated heterocycles. The fourth-order valence-electron chi connectivity index (χ4n) is 4.04. The van der Waals surface area contributed by atoms with Gasteiger partial charge in [0.2, 0.25) is 0 Å². The monoisotopic (exact) mass is 375 g/mol. The molecule has 2 aliphatic rings. The second-order valence-corrected chi connectivity index (χ2v) is 8.93. The standard InChI is InChI=1S/C19H25N3O3S/c1-14-19(15(2)21(20-14)13-17-8-5-6-12-25-17)26(23,24)22-11-10-16-7-3-4-9-18(16)22/h3-4,7,9,17H,5-6,8,10-13H2,1-2H3/t17-/m1/s1. The van der Waals surface area contributed by atoms with Crippen LogP contribution in [0.1, 0.15) is 36.2 Å². The number of ether oxygens (including phenoxy) is 1. The fraction of sp³-hybridized carbons (Fsp3) is 0.526. The van der Waals surface area contributed by atoms with E-state index in [9.17, 15) is 8.42 Å². The van der Waals surface area contributed by atoms with Gasteiger partial charge in [0.25, 0.3) is 10.0 Å². The number of hydrogen-bond acceptors (Lipinski definition) is 4. The van der Waals surface area contributed by atoms with Crippen molar-refractivity contribution in [2.24, 2.45) is 0 Å². The molecule has 0 amide bonds. The van der Waals surface area contributed by atoms with E-state index < -0.39 is 10.0 Å². The quantitative estimate of drug-likeness (QED) is 0.824.